The molecule has 0 aromatic carbocycles. The van der Waals surface area contributed by atoms with Gasteiger partial charge in [0.05, 0.1) is 11.7 Å². The first-order valence-corrected chi connectivity index (χ1v) is 3.29. The Kier molecular flexibility index (Phi) is 1.72. The number of ether oxygens (including phenoxy) is 1. The Morgan fingerprint density at radius 2 is 2.25 bits per heavy atom. The molecule has 1 rings (SSSR count). The quantitative estimate of drug-likeness (QED) is 0.388. The van der Waals surface area contributed by atoms with Gasteiger partial charge in [0, 0.05) is 0 Å². The summed E-state index contributed by atoms with van der Waals surface area (Å²) in [5.41, 5.74) is -0.300. The molecule has 0 amide bonds. The van der Waals surface area contributed by atoms with E-state index in [-0.39, 0.29) is 16.7 Å². The van der Waals surface area contributed by atoms with Crippen LogP contribution in [-0.4, -0.2) is 16.7 Å². The van der Waals surface area contributed by atoms with Crippen LogP contribution in [0, 0.1) is 0 Å². The molecule has 2 nitrogen and oxygen atoms in total. The van der Waals surface area contributed by atoms with E-state index in [1.807, 2.05) is 0 Å². The molecule has 1 fully saturated rings. The summed E-state index contributed by atoms with van der Waals surface area (Å²) in [5, 5.41) is -0.0224. The van der Waals surface area contributed by atoms with Crippen LogP contribution in [0.2, 0.25) is 0 Å². The molecule has 8 heavy (non-hydrogen) atoms. The lowest BCUT2D eigenvalue weighted by Gasteiger charge is -2.01. The second-order valence-corrected chi connectivity index (χ2v) is 2.82. The summed E-state index contributed by atoms with van der Waals surface area (Å²) in [6, 6.07) is 0. The maximum absolute atomic E-state index is 10.3. The van der Waals surface area contributed by atoms with Crippen LogP contribution in [0.1, 0.15) is 6.42 Å². The van der Waals surface area contributed by atoms with E-state index in [1.54, 1.807) is 0 Å². The van der Waals surface area contributed by atoms with Crippen molar-refractivity contribution in [1.29, 1.82) is 0 Å². The number of esters is 1. The molecule has 0 aromatic rings. The molecular weight excluding hydrogens is 144 g/mol. The fraction of sp³-hybridized carbons (Fsp3) is 0.750. The molecule has 0 radical (unpaired) electrons. The molecule has 2 unspecified atom stereocenters. The number of carbonyl (C=O) groups excluding carboxylic acids is 1. The van der Waals surface area contributed by atoms with Crippen molar-refractivity contribution in [3.8, 4) is 0 Å². The molecule has 0 spiro atoms. The molecule has 0 bridgehead atoms. The van der Waals surface area contributed by atoms with Gasteiger partial charge in [0.2, 0.25) is 0 Å². The Morgan fingerprint density at radius 3 is 2.38 bits per heavy atom. The van der Waals surface area contributed by atoms with Crippen molar-refractivity contribution >= 4 is 31.2 Å². The largest absolute Gasteiger partial charge is 0.450 e. The number of cyclic esters (lactones) is 1. The van der Waals surface area contributed by atoms with Crippen molar-refractivity contribution in [2.75, 3.05) is 0 Å². The van der Waals surface area contributed by atoms with E-state index >= 15 is 0 Å². The Labute approximate surface area is 58.4 Å². The van der Waals surface area contributed by atoms with Crippen LogP contribution in [0.5, 0.6) is 0 Å². The van der Waals surface area contributed by atoms with E-state index in [9.17, 15) is 4.79 Å². The van der Waals surface area contributed by atoms with Gasteiger partial charge in [-0.25, -0.2) is 0 Å². The van der Waals surface area contributed by atoms with Gasteiger partial charge in [0.25, 0.3) is 0 Å². The van der Waals surface area contributed by atoms with Gasteiger partial charge in [-0.15, -0.1) is 12.6 Å². The van der Waals surface area contributed by atoms with Crippen LogP contribution in [0.3, 0.4) is 0 Å². The van der Waals surface area contributed by atoms with Crippen molar-refractivity contribution in [3.05, 3.63) is 0 Å². The monoisotopic (exact) mass is 150 g/mol. The smallest absolute Gasteiger partial charge is 0.308 e. The highest BCUT2D eigenvalue weighted by atomic mass is 32.1. The summed E-state index contributed by atoms with van der Waals surface area (Å²) in [5.74, 6) is -0.204. The molecule has 1 saturated heterocycles. The molecule has 0 N–H and O–H groups in total. The van der Waals surface area contributed by atoms with E-state index in [0.717, 1.165) is 0 Å². The molecule has 0 aromatic heterocycles. The second-order valence-electron chi connectivity index (χ2n) is 1.65. The lowest BCUT2D eigenvalue weighted by molar-refractivity contribution is -0.138. The molecular formula is C4H6O2S2. The predicted molar refractivity (Wildman–Crippen MR) is 36.3 cm³/mol. The third-order valence-corrected chi connectivity index (χ3v) is 2.11. The van der Waals surface area contributed by atoms with E-state index in [2.05, 4.69) is 30.0 Å². The highest BCUT2D eigenvalue weighted by molar-refractivity contribution is 7.85. The third kappa shape index (κ3) is 1.11. The zero-order chi connectivity index (χ0) is 6.15. The van der Waals surface area contributed by atoms with Crippen molar-refractivity contribution in [2.45, 2.75) is 17.1 Å². The minimum Gasteiger partial charge on any atom is -0.450 e. The van der Waals surface area contributed by atoms with Gasteiger partial charge < -0.3 is 4.74 Å². The van der Waals surface area contributed by atoms with Crippen LogP contribution >= 0.6 is 25.3 Å². The van der Waals surface area contributed by atoms with Gasteiger partial charge in [-0.3, -0.25) is 4.79 Å². The second kappa shape index (κ2) is 2.19. The van der Waals surface area contributed by atoms with Crippen molar-refractivity contribution in [1.82, 2.24) is 0 Å². The number of thiol groups is 2. The minimum absolute atomic E-state index is 0.0224. The molecule has 4 heteroatoms. The summed E-state index contributed by atoms with van der Waals surface area (Å²) >= 11 is 7.95. The van der Waals surface area contributed by atoms with Gasteiger partial charge in [-0.2, -0.15) is 12.6 Å². The predicted octanol–water partition coefficient (Wildman–Crippen LogP) is 0.488. The highest BCUT2D eigenvalue weighted by Crippen LogP contribution is 2.21. The average molecular weight is 150 g/mol. The van der Waals surface area contributed by atoms with E-state index < -0.39 is 0 Å². The Hall–Kier alpha value is 0.170. The van der Waals surface area contributed by atoms with Crippen LogP contribution in [0.15, 0.2) is 0 Å². The SMILES string of the molecule is O=C1CC(S)C(S)O1. The summed E-state index contributed by atoms with van der Waals surface area (Å²) in [6.07, 6.45) is 0.386. The molecule has 0 saturated carbocycles. The summed E-state index contributed by atoms with van der Waals surface area (Å²) in [7, 11) is 0. The number of hydrogen-bond donors (Lipinski definition) is 2. The standard InChI is InChI=1S/C4H6O2S2/c5-3-1-2(7)4(8)6-3/h2,4,7-8H,1H2. The first-order valence-electron chi connectivity index (χ1n) is 2.26. The number of hydrogen-bond acceptors (Lipinski definition) is 4. The number of rotatable bonds is 0. The van der Waals surface area contributed by atoms with Gasteiger partial charge in [-0.1, -0.05) is 0 Å². The first kappa shape index (κ1) is 6.29. The first-order chi connectivity index (χ1) is 3.70. The Balaban J connectivity index is 2.51. The molecule has 1 heterocycles. The zero-order valence-electron chi connectivity index (χ0n) is 4.07. The third-order valence-electron chi connectivity index (χ3n) is 0.957. The minimum atomic E-state index is -0.300. The Bertz CT molecular complexity index is 103. The molecule has 1 aliphatic heterocycles. The van der Waals surface area contributed by atoms with Crippen LogP contribution in [-0.2, 0) is 9.53 Å². The van der Waals surface area contributed by atoms with E-state index in [4.69, 9.17) is 0 Å². The lowest BCUT2D eigenvalue weighted by Crippen LogP contribution is -2.06. The average Bonchev–Trinajstić information content (AvgIpc) is 1.85. The summed E-state index contributed by atoms with van der Waals surface area (Å²) in [6.45, 7) is 0. The fourth-order valence-electron chi connectivity index (χ4n) is 0.533. The fourth-order valence-corrected chi connectivity index (χ4v) is 0.966. The topological polar surface area (TPSA) is 26.3 Å². The molecule has 0 aliphatic carbocycles. The van der Waals surface area contributed by atoms with Crippen molar-refractivity contribution < 1.29 is 9.53 Å². The van der Waals surface area contributed by atoms with E-state index in [1.165, 1.54) is 0 Å². The highest BCUT2D eigenvalue weighted by Gasteiger charge is 2.28. The van der Waals surface area contributed by atoms with Gasteiger partial charge in [0.15, 0.2) is 5.44 Å². The van der Waals surface area contributed by atoms with Crippen LogP contribution in [0.25, 0.3) is 0 Å². The van der Waals surface area contributed by atoms with Gasteiger partial charge in [-0.05, 0) is 0 Å². The Morgan fingerprint density at radius 1 is 1.62 bits per heavy atom. The summed E-state index contributed by atoms with van der Waals surface area (Å²) in [4.78, 5) is 10.3. The number of carbonyl (C=O) groups is 1. The molecule has 1 aliphatic rings. The van der Waals surface area contributed by atoms with E-state index in [0.29, 0.717) is 6.42 Å². The molecule has 2 atom stereocenters. The van der Waals surface area contributed by atoms with Crippen LogP contribution in [0.4, 0.5) is 0 Å². The van der Waals surface area contributed by atoms with Crippen molar-refractivity contribution in [2.24, 2.45) is 0 Å². The lowest BCUT2D eigenvalue weighted by atomic mass is 10.4. The zero-order valence-corrected chi connectivity index (χ0v) is 5.86. The van der Waals surface area contributed by atoms with Gasteiger partial charge in [0.1, 0.15) is 0 Å². The maximum Gasteiger partial charge on any atom is 0.308 e. The van der Waals surface area contributed by atoms with Crippen molar-refractivity contribution in [3.63, 3.8) is 0 Å². The summed E-state index contributed by atoms with van der Waals surface area (Å²) < 4.78 is 4.62. The van der Waals surface area contributed by atoms with Gasteiger partial charge >= 0.3 is 5.97 Å². The normalized spacial score (nSPS) is 37.5. The maximum atomic E-state index is 10.3. The van der Waals surface area contributed by atoms with Crippen LogP contribution < -0.4 is 0 Å². The molecule has 46 valence electrons.